The lowest BCUT2D eigenvalue weighted by Gasteiger charge is -2.21. The van der Waals surface area contributed by atoms with Crippen LogP contribution in [0.5, 0.6) is 0 Å². The van der Waals surface area contributed by atoms with Crippen LogP contribution in [0.15, 0.2) is 4.99 Å². The maximum absolute atomic E-state index is 11.7. The Kier molecular flexibility index (Phi) is 6.64. The van der Waals surface area contributed by atoms with Crippen molar-refractivity contribution in [2.75, 3.05) is 26.2 Å². The van der Waals surface area contributed by atoms with Crippen LogP contribution in [0.2, 0.25) is 0 Å². The zero-order valence-corrected chi connectivity index (χ0v) is 14.1. The van der Waals surface area contributed by atoms with Gasteiger partial charge in [0.05, 0.1) is 12.0 Å². The van der Waals surface area contributed by atoms with Crippen molar-refractivity contribution in [2.45, 2.75) is 46.6 Å². The molecule has 7 nitrogen and oxygen atoms in total. The van der Waals surface area contributed by atoms with Crippen molar-refractivity contribution in [3.63, 3.8) is 0 Å². The summed E-state index contributed by atoms with van der Waals surface area (Å²) in [5.74, 6) is 0.474. The molecular formula is C15H29N5O2. The zero-order chi connectivity index (χ0) is 16.8. The largest absolute Gasteiger partial charge is 0.369 e. The van der Waals surface area contributed by atoms with Crippen molar-refractivity contribution in [3.05, 3.63) is 0 Å². The number of likely N-dealkylation sites (tertiary alicyclic amines) is 1. The third kappa shape index (κ3) is 5.20. The summed E-state index contributed by atoms with van der Waals surface area (Å²) in [5, 5.41) is 6.49. The summed E-state index contributed by atoms with van der Waals surface area (Å²) in [4.78, 5) is 29.4. The summed E-state index contributed by atoms with van der Waals surface area (Å²) < 4.78 is 0. The zero-order valence-electron chi connectivity index (χ0n) is 14.1. The third-order valence-electron chi connectivity index (χ3n) is 3.83. The molecule has 0 aromatic heterocycles. The minimum absolute atomic E-state index is 0.182. The van der Waals surface area contributed by atoms with Gasteiger partial charge >= 0.3 is 0 Å². The highest BCUT2D eigenvalue weighted by Gasteiger charge is 2.27. The molecule has 1 aliphatic rings. The van der Waals surface area contributed by atoms with Crippen LogP contribution < -0.4 is 16.4 Å². The predicted octanol–water partition coefficient (Wildman–Crippen LogP) is 0.0639. The molecule has 0 bridgehead atoms. The lowest BCUT2D eigenvalue weighted by molar-refractivity contribution is -0.129. The summed E-state index contributed by atoms with van der Waals surface area (Å²) in [6.07, 6.45) is 1.43. The first-order valence-electron chi connectivity index (χ1n) is 7.92. The first kappa shape index (κ1) is 18.3. The van der Waals surface area contributed by atoms with E-state index in [-0.39, 0.29) is 17.9 Å². The number of guanidine groups is 1. The molecule has 1 atom stereocenters. The summed E-state index contributed by atoms with van der Waals surface area (Å²) in [7, 11) is 0. The molecule has 4 N–H and O–H groups in total. The molecule has 0 spiro atoms. The number of nitrogens with one attached hydrogen (secondary N) is 2. The van der Waals surface area contributed by atoms with Gasteiger partial charge in [0, 0.05) is 32.1 Å². The first-order chi connectivity index (χ1) is 10.3. The predicted molar refractivity (Wildman–Crippen MR) is 87.4 cm³/mol. The molecule has 7 heteroatoms. The molecule has 2 amide bonds. The summed E-state index contributed by atoms with van der Waals surface area (Å²) in [5.41, 5.74) is 4.69. The number of nitrogens with zero attached hydrogens (tertiary/aromatic N) is 2. The van der Waals surface area contributed by atoms with E-state index in [0.29, 0.717) is 25.5 Å². The van der Waals surface area contributed by atoms with Crippen molar-refractivity contribution in [2.24, 2.45) is 16.1 Å². The van der Waals surface area contributed by atoms with E-state index in [1.807, 2.05) is 18.7 Å². The van der Waals surface area contributed by atoms with Gasteiger partial charge in [0.2, 0.25) is 11.8 Å². The van der Waals surface area contributed by atoms with Crippen molar-refractivity contribution in [1.82, 2.24) is 15.5 Å². The fourth-order valence-electron chi connectivity index (χ4n) is 2.20. The summed E-state index contributed by atoms with van der Waals surface area (Å²) >= 11 is 0. The summed E-state index contributed by atoms with van der Waals surface area (Å²) in [6.45, 7) is 9.93. The minimum atomic E-state index is -0.678. The van der Waals surface area contributed by atoms with Crippen LogP contribution in [-0.2, 0) is 9.59 Å². The van der Waals surface area contributed by atoms with Gasteiger partial charge in [-0.05, 0) is 27.2 Å². The average Bonchev–Trinajstić information content (AvgIpc) is 2.92. The minimum Gasteiger partial charge on any atom is -0.369 e. The number of nitrogens with two attached hydrogens (primary N) is 1. The number of carbonyl (C=O) groups is 2. The van der Waals surface area contributed by atoms with Gasteiger partial charge in [-0.2, -0.15) is 0 Å². The molecule has 1 unspecified atom stereocenters. The van der Waals surface area contributed by atoms with Gasteiger partial charge in [0.15, 0.2) is 5.96 Å². The normalized spacial score (nSPS) is 19.2. The highest BCUT2D eigenvalue weighted by molar-refractivity contribution is 5.83. The molecule has 1 aliphatic heterocycles. The Balaban J connectivity index is 2.61. The second kappa shape index (κ2) is 8.00. The molecule has 1 saturated heterocycles. The van der Waals surface area contributed by atoms with Crippen molar-refractivity contribution in [1.29, 1.82) is 0 Å². The van der Waals surface area contributed by atoms with Crippen LogP contribution >= 0.6 is 0 Å². The fourth-order valence-corrected chi connectivity index (χ4v) is 2.20. The standard InChI is InChI=1S/C15H29N5O2/c1-5-12(21)20-8-7-11(9-20)19-14(17-6-2)18-10-15(3,4)13(16)22/h11H,5-10H2,1-4H3,(H2,16,22)(H2,17,18,19). The highest BCUT2D eigenvalue weighted by atomic mass is 16.2. The maximum Gasteiger partial charge on any atom is 0.224 e. The lowest BCUT2D eigenvalue weighted by atomic mass is 9.93. The molecule has 0 aromatic carbocycles. The van der Waals surface area contributed by atoms with Gasteiger partial charge < -0.3 is 21.3 Å². The Morgan fingerprint density at radius 3 is 2.59 bits per heavy atom. The molecule has 0 aliphatic carbocycles. The van der Waals surface area contributed by atoms with E-state index in [4.69, 9.17) is 5.73 Å². The van der Waals surface area contributed by atoms with Crippen molar-refractivity contribution >= 4 is 17.8 Å². The number of hydrogen-bond donors (Lipinski definition) is 3. The number of aliphatic imine (C=N–C) groups is 1. The van der Waals surface area contributed by atoms with E-state index < -0.39 is 5.41 Å². The fraction of sp³-hybridized carbons (Fsp3) is 0.800. The van der Waals surface area contributed by atoms with Crippen LogP contribution in [0, 0.1) is 5.41 Å². The van der Waals surface area contributed by atoms with Crippen LogP contribution in [-0.4, -0.2) is 54.9 Å². The number of hydrogen-bond acceptors (Lipinski definition) is 3. The molecule has 1 rings (SSSR count). The van der Waals surface area contributed by atoms with Gasteiger partial charge in [-0.25, -0.2) is 0 Å². The van der Waals surface area contributed by atoms with Crippen LogP contribution in [0.25, 0.3) is 0 Å². The van der Waals surface area contributed by atoms with E-state index in [2.05, 4.69) is 15.6 Å². The Hall–Kier alpha value is -1.79. The van der Waals surface area contributed by atoms with Gasteiger partial charge in [0.25, 0.3) is 0 Å². The monoisotopic (exact) mass is 311 g/mol. The van der Waals surface area contributed by atoms with E-state index in [9.17, 15) is 9.59 Å². The third-order valence-corrected chi connectivity index (χ3v) is 3.83. The second-order valence-electron chi connectivity index (χ2n) is 6.27. The second-order valence-corrected chi connectivity index (χ2v) is 6.27. The molecule has 126 valence electrons. The number of rotatable bonds is 6. The molecule has 0 saturated carbocycles. The number of primary amides is 1. The maximum atomic E-state index is 11.7. The van der Waals surface area contributed by atoms with Crippen LogP contribution in [0.4, 0.5) is 0 Å². The molecular weight excluding hydrogens is 282 g/mol. The average molecular weight is 311 g/mol. The topological polar surface area (TPSA) is 99.8 Å². The Morgan fingerprint density at radius 2 is 2.05 bits per heavy atom. The van der Waals surface area contributed by atoms with E-state index >= 15 is 0 Å². The molecule has 1 heterocycles. The van der Waals surface area contributed by atoms with Gasteiger partial charge in [-0.15, -0.1) is 0 Å². The Labute approximate surface area is 132 Å². The number of amides is 2. The van der Waals surface area contributed by atoms with Crippen molar-refractivity contribution < 1.29 is 9.59 Å². The lowest BCUT2D eigenvalue weighted by Crippen LogP contribution is -2.46. The van der Waals surface area contributed by atoms with E-state index in [0.717, 1.165) is 19.5 Å². The summed E-state index contributed by atoms with van der Waals surface area (Å²) in [6, 6.07) is 0.185. The highest BCUT2D eigenvalue weighted by Crippen LogP contribution is 2.14. The molecule has 22 heavy (non-hydrogen) atoms. The van der Waals surface area contributed by atoms with Crippen LogP contribution in [0.3, 0.4) is 0 Å². The van der Waals surface area contributed by atoms with E-state index in [1.165, 1.54) is 0 Å². The van der Waals surface area contributed by atoms with Gasteiger partial charge in [-0.1, -0.05) is 6.92 Å². The van der Waals surface area contributed by atoms with Gasteiger partial charge in [0.1, 0.15) is 0 Å². The first-order valence-corrected chi connectivity index (χ1v) is 7.92. The Bertz CT molecular complexity index is 434. The Morgan fingerprint density at radius 1 is 1.36 bits per heavy atom. The van der Waals surface area contributed by atoms with E-state index in [1.54, 1.807) is 13.8 Å². The van der Waals surface area contributed by atoms with Gasteiger partial charge in [-0.3, -0.25) is 14.6 Å². The van der Waals surface area contributed by atoms with Crippen molar-refractivity contribution in [3.8, 4) is 0 Å². The quantitative estimate of drug-likeness (QED) is 0.477. The molecule has 0 aromatic rings. The molecule has 1 fully saturated rings. The van der Waals surface area contributed by atoms with Crippen LogP contribution in [0.1, 0.15) is 40.5 Å². The number of carbonyl (C=O) groups excluding carboxylic acids is 2. The molecule has 0 radical (unpaired) electrons. The smallest absolute Gasteiger partial charge is 0.224 e. The SMILES string of the molecule is CCNC(=NCC(C)(C)C(N)=O)NC1CCN(C(=O)CC)C1.